The van der Waals surface area contributed by atoms with Crippen molar-refractivity contribution < 1.29 is 9.53 Å². The Labute approximate surface area is 164 Å². The van der Waals surface area contributed by atoms with E-state index in [2.05, 4.69) is 19.8 Å². The lowest BCUT2D eigenvalue weighted by atomic mass is 10.0. The third-order valence-electron chi connectivity index (χ3n) is 5.03. The van der Waals surface area contributed by atoms with Crippen LogP contribution in [0.5, 0.6) is 0 Å². The Hall–Kier alpha value is -3.22. The van der Waals surface area contributed by atoms with Crippen LogP contribution in [-0.2, 0) is 4.74 Å². The zero-order valence-electron chi connectivity index (χ0n) is 16.1. The Morgan fingerprint density at radius 2 is 1.71 bits per heavy atom. The fourth-order valence-corrected chi connectivity index (χ4v) is 3.61. The van der Waals surface area contributed by atoms with Gasteiger partial charge in [0.05, 0.1) is 12.1 Å². The number of piperazine rings is 1. The number of anilines is 2. The molecule has 0 bridgehead atoms. The molecular formula is C21H23N5O2. The first-order chi connectivity index (χ1) is 13.7. The van der Waals surface area contributed by atoms with Crippen molar-refractivity contribution in [2.45, 2.75) is 13.8 Å². The van der Waals surface area contributed by atoms with Gasteiger partial charge in [-0.05, 0) is 31.5 Å². The van der Waals surface area contributed by atoms with Gasteiger partial charge in [0, 0.05) is 44.0 Å². The predicted molar refractivity (Wildman–Crippen MR) is 109 cm³/mol. The second-order valence-corrected chi connectivity index (χ2v) is 6.70. The number of pyridine rings is 1. The molecule has 1 saturated heterocycles. The molecule has 7 heteroatoms. The Morgan fingerprint density at radius 1 is 1.04 bits per heavy atom. The van der Waals surface area contributed by atoms with E-state index < -0.39 is 0 Å². The second kappa shape index (κ2) is 7.80. The molecule has 0 aliphatic carbocycles. The molecule has 3 heterocycles. The lowest BCUT2D eigenvalue weighted by molar-refractivity contribution is 0.0526. The molecule has 0 saturated carbocycles. The Morgan fingerprint density at radius 3 is 2.43 bits per heavy atom. The number of esters is 1. The van der Waals surface area contributed by atoms with Gasteiger partial charge in [0.15, 0.2) is 0 Å². The van der Waals surface area contributed by atoms with Crippen LogP contribution in [0.3, 0.4) is 0 Å². The summed E-state index contributed by atoms with van der Waals surface area (Å²) in [6.07, 6.45) is 3.50. The van der Waals surface area contributed by atoms with Crippen LogP contribution in [0.1, 0.15) is 22.8 Å². The number of aromatic nitrogens is 3. The Kier molecular flexibility index (Phi) is 5.06. The molecule has 1 aliphatic rings. The number of aryl methyl sites for hydroxylation is 1. The molecule has 2 aromatic heterocycles. The van der Waals surface area contributed by atoms with Crippen molar-refractivity contribution in [1.82, 2.24) is 15.0 Å². The Balaban J connectivity index is 1.68. The maximum atomic E-state index is 12.7. The second-order valence-electron chi connectivity index (χ2n) is 6.70. The molecule has 0 amide bonds. The summed E-state index contributed by atoms with van der Waals surface area (Å²) in [6.45, 7) is 7.11. The van der Waals surface area contributed by atoms with Crippen molar-refractivity contribution in [2.75, 3.05) is 42.6 Å². The number of hydrogen-bond acceptors (Lipinski definition) is 7. The largest absolute Gasteiger partial charge is 0.462 e. The van der Waals surface area contributed by atoms with Gasteiger partial charge in [-0.3, -0.25) is 0 Å². The van der Waals surface area contributed by atoms with Crippen LogP contribution < -0.4 is 9.80 Å². The van der Waals surface area contributed by atoms with Crippen molar-refractivity contribution in [3.8, 4) is 0 Å². The van der Waals surface area contributed by atoms with E-state index in [-0.39, 0.29) is 5.97 Å². The standard InChI is InChI=1S/C21H23N5O2/c1-3-28-20(27)18-15(2)16-7-4-5-8-17(16)24-19(18)25-11-13-26(14-12-25)21-22-9-6-10-23-21/h4-10H,3,11-14H2,1-2H3. The maximum absolute atomic E-state index is 12.7. The van der Waals surface area contributed by atoms with Gasteiger partial charge < -0.3 is 14.5 Å². The monoisotopic (exact) mass is 377 g/mol. The molecule has 4 rings (SSSR count). The van der Waals surface area contributed by atoms with E-state index in [4.69, 9.17) is 9.72 Å². The van der Waals surface area contributed by atoms with Crippen LogP contribution in [0.2, 0.25) is 0 Å². The van der Waals surface area contributed by atoms with Crippen LogP contribution >= 0.6 is 0 Å². The molecular weight excluding hydrogens is 354 g/mol. The minimum absolute atomic E-state index is 0.318. The van der Waals surface area contributed by atoms with E-state index in [0.29, 0.717) is 18.0 Å². The normalized spacial score (nSPS) is 14.4. The van der Waals surface area contributed by atoms with Gasteiger partial charge in [-0.25, -0.2) is 19.7 Å². The quantitative estimate of drug-likeness (QED) is 0.648. The Bertz CT molecular complexity index is 985. The van der Waals surface area contributed by atoms with Gasteiger partial charge in [0.1, 0.15) is 11.4 Å². The number of hydrogen-bond donors (Lipinski definition) is 0. The number of ether oxygens (including phenoxy) is 1. The minimum Gasteiger partial charge on any atom is -0.462 e. The summed E-state index contributed by atoms with van der Waals surface area (Å²) >= 11 is 0. The lowest BCUT2D eigenvalue weighted by Crippen LogP contribution is -2.48. The lowest BCUT2D eigenvalue weighted by Gasteiger charge is -2.36. The fraction of sp³-hybridized carbons (Fsp3) is 0.333. The third kappa shape index (κ3) is 3.35. The van der Waals surface area contributed by atoms with Crippen LogP contribution in [0.25, 0.3) is 10.9 Å². The van der Waals surface area contributed by atoms with E-state index in [9.17, 15) is 4.79 Å². The van der Waals surface area contributed by atoms with Crippen LogP contribution in [0.15, 0.2) is 42.7 Å². The molecule has 3 aromatic rings. The third-order valence-corrected chi connectivity index (χ3v) is 5.03. The molecule has 0 radical (unpaired) electrons. The first kappa shape index (κ1) is 18.2. The van der Waals surface area contributed by atoms with Crippen molar-refractivity contribution in [1.29, 1.82) is 0 Å². The average Bonchev–Trinajstić information content (AvgIpc) is 2.74. The van der Waals surface area contributed by atoms with Gasteiger partial charge >= 0.3 is 5.97 Å². The summed E-state index contributed by atoms with van der Waals surface area (Å²) in [5.74, 6) is 1.11. The van der Waals surface area contributed by atoms with Gasteiger partial charge in [-0.15, -0.1) is 0 Å². The summed E-state index contributed by atoms with van der Waals surface area (Å²) < 4.78 is 5.34. The SMILES string of the molecule is CCOC(=O)c1c(N2CCN(c3ncccn3)CC2)nc2ccccc2c1C. The van der Waals surface area contributed by atoms with Gasteiger partial charge in [-0.1, -0.05) is 18.2 Å². The number of carbonyl (C=O) groups excluding carboxylic acids is 1. The highest BCUT2D eigenvalue weighted by Crippen LogP contribution is 2.30. The zero-order valence-corrected chi connectivity index (χ0v) is 16.1. The van der Waals surface area contributed by atoms with Crippen LogP contribution in [-0.4, -0.2) is 53.7 Å². The van der Waals surface area contributed by atoms with E-state index in [1.165, 1.54) is 0 Å². The van der Waals surface area contributed by atoms with E-state index in [1.54, 1.807) is 12.4 Å². The number of benzene rings is 1. The molecule has 0 atom stereocenters. The van der Waals surface area contributed by atoms with E-state index in [1.807, 2.05) is 44.2 Å². The molecule has 1 aromatic carbocycles. The topological polar surface area (TPSA) is 71.5 Å². The highest BCUT2D eigenvalue weighted by atomic mass is 16.5. The minimum atomic E-state index is -0.318. The number of nitrogens with zero attached hydrogens (tertiary/aromatic N) is 5. The van der Waals surface area contributed by atoms with Gasteiger partial charge in [-0.2, -0.15) is 0 Å². The summed E-state index contributed by atoms with van der Waals surface area (Å²) in [7, 11) is 0. The molecule has 144 valence electrons. The van der Waals surface area contributed by atoms with E-state index in [0.717, 1.165) is 48.6 Å². The van der Waals surface area contributed by atoms with Crippen molar-refractivity contribution in [3.05, 3.63) is 53.9 Å². The maximum Gasteiger partial charge on any atom is 0.342 e. The molecule has 1 aliphatic heterocycles. The van der Waals surface area contributed by atoms with Crippen LogP contribution in [0, 0.1) is 6.92 Å². The molecule has 7 nitrogen and oxygen atoms in total. The number of carbonyl (C=O) groups is 1. The summed E-state index contributed by atoms with van der Waals surface area (Å²) in [5, 5.41) is 0.977. The number of para-hydroxylation sites is 1. The molecule has 0 spiro atoms. The smallest absolute Gasteiger partial charge is 0.342 e. The predicted octanol–water partition coefficient (Wildman–Crippen LogP) is 2.84. The fourth-order valence-electron chi connectivity index (χ4n) is 3.61. The van der Waals surface area contributed by atoms with Crippen molar-refractivity contribution in [2.24, 2.45) is 0 Å². The molecule has 28 heavy (non-hydrogen) atoms. The highest BCUT2D eigenvalue weighted by Gasteiger charge is 2.27. The van der Waals surface area contributed by atoms with Crippen LogP contribution in [0.4, 0.5) is 11.8 Å². The molecule has 0 N–H and O–H groups in total. The number of fused-ring (bicyclic) bond motifs is 1. The first-order valence-electron chi connectivity index (χ1n) is 9.52. The first-order valence-corrected chi connectivity index (χ1v) is 9.52. The highest BCUT2D eigenvalue weighted by molar-refractivity contribution is 6.02. The summed E-state index contributed by atoms with van der Waals surface area (Å²) in [4.78, 5) is 30.5. The summed E-state index contributed by atoms with van der Waals surface area (Å²) in [6, 6.07) is 9.72. The van der Waals surface area contributed by atoms with E-state index >= 15 is 0 Å². The zero-order chi connectivity index (χ0) is 19.5. The summed E-state index contributed by atoms with van der Waals surface area (Å²) in [5.41, 5.74) is 2.36. The van der Waals surface area contributed by atoms with Crippen molar-refractivity contribution in [3.63, 3.8) is 0 Å². The average molecular weight is 377 g/mol. The number of rotatable bonds is 4. The molecule has 1 fully saturated rings. The van der Waals surface area contributed by atoms with Gasteiger partial charge in [0.25, 0.3) is 0 Å². The van der Waals surface area contributed by atoms with Crippen molar-refractivity contribution >= 4 is 28.6 Å². The molecule has 0 unspecified atom stereocenters. The van der Waals surface area contributed by atoms with Gasteiger partial charge in [0.2, 0.25) is 5.95 Å².